The Morgan fingerprint density at radius 2 is 1.32 bits per heavy atom. The number of likely N-dealkylation sites (N-methyl/N-ethyl adjacent to an activating group) is 1. The first-order valence-electron chi connectivity index (χ1n) is 13.7. The lowest BCUT2D eigenvalue weighted by Crippen LogP contribution is -3.00. The van der Waals surface area contributed by atoms with Gasteiger partial charge in [0.2, 0.25) is 0 Å². The van der Waals surface area contributed by atoms with Crippen LogP contribution in [0.2, 0.25) is 0 Å². The van der Waals surface area contributed by atoms with Crippen molar-refractivity contribution in [1.29, 1.82) is 0 Å². The Morgan fingerprint density at radius 3 is 1.90 bits per heavy atom. The molecule has 1 amide bonds. The number of carbonyl (C=O) groups excluding carboxylic acids is 2. The summed E-state index contributed by atoms with van der Waals surface area (Å²) < 4.78 is 0.888. The fraction of sp³-hybridized carbons (Fsp3) is 0.375. The second-order valence-electron chi connectivity index (χ2n) is 10.9. The molecule has 7 N–H and O–H groups in total. The van der Waals surface area contributed by atoms with E-state index in [-0.39, 0.29) is 61.4 Å². The van der Waals surface area contributed by atoms with E-state index in [4.69, 9.17) is 0 Å². The van der Waals surface area contributed by atoms with Crippen molar-refractivity contribution >= 4 is 11.7 Å². The summed E-state index contributed by atoms with van der Waals surface area (Å²) in [6, 6.07) is 27.5. The average Bonchev–Trinajstić information content (AvgIpc) is 2.92. The number of quaternary nitrogens is 3. The van der Waals surface area contributed by atoms with Gasteiger partial charge < -0.3 is 58.5 Å². The van der Waals surface area contributed by atoms with Gasteiger partial charge in [-0.1, -0.05) is 84.9 Å². The SMILES string of the molecule is C[N+](C)(CC[NH3+])CCC[C@H]([NH3+])C(=O)N[C@H](CCc1ccccc1)C(=O)Cc1ccc(-c2ccccc2)cc1.[Cl-].[Cl-].[Cl-]. The van der Waals surface area contributed by atoms with E-state index < -0.39 is 6.04 Å². The zero-order valence-electron chi connectivity index (χ0n) is 24.2. The molecule has 41 heavy (non-hydrogen) atoms. The van der Waals surface area contributed by atoms with Crippen LogP contribution >= 0.6 is 0 Å². The van der Waals surface area contributed by atoms with Crippen molar-refractivity contribution in [3.8, 4) is 11.1 Å². The molecule has 9 heteroatoms. The Labute approximate surface area is 264 Å². The summed E-state index contributed by atoms with van der Waals surface area (Å²) in [5.41, 5.74) is 12.4. The zero-order valence-corrected chi connectivity index (χ0v) is 26.5. The number of carbonyl (C=O) groups is 2. The van der Waals surface area contributed by atoms with Crippen LogP contribution in [0.3, 0.4) is 0 Å². The average molecular weight is 624 g/mol. The highest BCUT2D eigenvalue weighted by Gasteiger charge is 2.26. The van der Waals surface area contributed by atoms with Gasteiger partial charge in [-0.05, 0) is 35.1 Å². The molecule has 3 aromatic rings. The molecule has 2 atom stereocenters. The van der Waals surface area contributed by atoms with Crippen molar-refractivity contribution in [2.45, 2.75) is 44.2 Å². The molecular formula is C32H45Cl3N4O2. The molecule has 0 bridgehead atoms. The first-order chi connectivity index (χ1) is 18.3. The quantitative estimate of drug-likeness (QED) is 0.147. The van der Waals surface area contributed by atoms with Crippen LogP contribution in [-0.4, -0.2) is 62.0 Å². The molecule has 0 aliphatic heterocycles. The van der Waals surface area contributed by atoms with Gasteiger partial charge in [0.25, 0.3) is 5.91 Å². The molecule has 0 heterocycles. The van der Waals surface area contributed by atoms with Crippen molar-refractivity contribution in [3.63, 3.8) is 0 Å². The summed E-state index contributed by atoms with van der Waals surface area (Å²) in [6.45, 7) is 2.88. The lowest BCUT2D eigenvalue weighted by Gasteiger charge is -2.28. The number of nitrogens with zero attached hydrogens (tertiary/aromatic N) is 1. The molecule has 0 fully saturated rings. The highest BCUT2D eigenvalue weighted by atomic mass is 35.5. The number of ketones is 1. The molecule has 0 unspecified atom stereocenters. The number of benzene rings is 3. The van der Waals surface area contributed by atoms with Gasteiger partial charge in [0.1, 0.15) is 13.1 Å². The van der Waals surface area contributed by atoms with Crippen molar-refractivity contribution in [2.75, 3.05) is 33.7 Å². The van der Waals surface area contributed by atoms with Gasteiger partial charge >= 0.3 is 0 Å². The van der Waals surface area contributed by atoms with Crippen molar-refractivity contribution in [3.05, 3.63) is 96.1 Å². The first-order valence-corrected chi connectivity index (χ1v) is 13.7. The highest BCUT2D eigenvalue weighted by molar-refractivity contribution is 5.91. The zero-order chi connectivity index (χ0) is 27.4. The lowest BCUT2D eigenvalue weighted by molar-refractivity contribution is -0.895. The Kier molecular flexibility index (Phi) is 18.5. The molecule has 0 saturated heterocycles. The van der Waals surface area contributed by atoms with Crippen LogP contribution in [-0.2, 0) is 22.4 Å². The second-order valence-corrected chi connectivity index (χ2v) is 10.9. The standard InChI is InChI=1S/C32H42N4O2.3ClH/c1-36(2,23-21-33)22-9-14-29(34)32(38)35-30(20-17-25-10-5-3-6-11-25)31(37)24-26-15-18-28(19-16-26)27-12-7-4-8-13-27;;;/h3-8,10-13,15-16,18-19,29-30H,9,14,17,20-24,33-34H2,1-2H3;3*1H/t29-,30+;;;/m0.../s1. The lowest BCUT2D eigenvalue weighted by atomic mass is 9.96. The Hall–Kier alpha value is -2.45. The molecule has 3 aromatic carbocycles. The van der Waals surface area contributed by atoms with E-state index >= 15 is 0 Å². The van der Waals surface area contributed by atoms with Gasteiger partial charge in [0.15, 0.2) is 11.8 Å². The number of amides is 1. The maximum Gasteiger partial charge on any atom is 0.278 e. The van der Waals surface area contributed by atoms with E-state index in [0.29, 0.717) is 12.8 Å². The normalized spacial score (nSPS) is 12.1. The minimum Gasteiger partial charge on any atom is -1.00 e. The molecule has 0 aliphatic rings. The van der Waals surface area contributed by atoms with Gasteiger partial charge in [-0.15, -0.1) is 0 Å². The molecule has 0 saturated carbocycles. The van der Waals surface area contributed by atoms with Crippen LogP contribution in [0.25, 0.3) is 11.1 Å². The van der Waals surface area contributed by atoms with Gasteiger partial charge in [-0.25, -0.2) is 0 Å². The predicted octanol–water partition coefficient (Wildman–Crippen LogP) is -6.70. The highest BCUT2D eigenvalue weighted by Crippen LogP contribution is 2.20. The Balaban J connectivity index is 0.00000533. The van der Waals surface area contributed by atoms with Crippen LogP contribution in [0.4, 0.5) is 0 Å². The largest absolute Gasteiger partial charge is 1.00 e. The van der Waals surface area contributed by atoms with Crippen LogP contribution < -0.4 is 54.0 Å². The minimum absolute atomic E-state index is 0. The number of Topliss-reactive ketones (excluding diaryl/α,β-unsaturated/α-hetero) is 1. The first kappa shape index (κ1) is 38.6. The third-order valence-corrected chi connectivity index (χ3v) is 7.16. The number of rotatable bonds is 15. The Morgan fingerprint density at radius 1 is 0.756 bits per heavy atom. The van der Waals surface area contributed by atoms with E-state index in [0.717, 1.165) is 59.2 Å². The molecule has 6 nitrogen and oxygen atoms in total. The predicted molar refractivity (Wildman–Crippen MR) is 153 cm³/mol. The fourth-order valence-electron chi connectivity index (χ4n) is 4.77. The summed E-state index contributed by atoms with van der Waals surface area (Å²) >= 11 is 0. The van der Waals surface area contributed by atoms with Crippen LogP contribution in [0.15, 0.2) is 84.9 Å². The number of aryl methyl sites for hydroxylation is 1. The van der Waals surface area contributed by atoms with E-state index in [1.807, 2.05) is 48.5 Å². The summed E-state index contributed by atoms with van der Waals surface area (Å²) in [7, 11) is 4.38. The molecule has 226 valence electrons. The number of nitrogens with one attached hydrogen (secondary N) is 1. The maximum atomic E-state index is 13.4. The van der Waals surface area contributed by atoms with Crippen molar-refractivity contribution < 1.29 is 62.8 Å². The topological polar surface area (TPSA) is 101 Å². The maximum absolute atomic E-state index is 13.4. The van der Waals surface area contributed by atoms with Crippen LogP contribution in [0.5, 0.6) is 0 Å². The Bertz CT molecular complexity index is 1150. The number of hydrogen-bond acceptors (Lipinski definition) is 2. The van der Waals surface area contributed by atoms with Crippen LogP contribution in [0.1, 0.15) is 30.4 Å². The monoisotopic (exact) mass is 622 g/mol. The second kappa shape index (κ2) is 19.6. The third kappa shape index (κ3) is 13.4. The number of hydrogen-bond donors (Lipinski definition) is 3. The van der Waals surface area contributed by atoms with Gasteiger partial charge in [0, 0.05) is 19.3 Å². The smallest absolute Gasteiger partial charge is 0.278 e. The summed E-state index contributed by atoms with van der Waals surface area (Å²) in [6.07, 6.45) is 3.18. The fourth-order valence-corrected chi connectivity index (χ4v) is 4.77. The summed E-state index contributed by atoms with van der Waals surface area (Å²) in [4.78, 5) is 26.5. The van der Waals surface area contributed by atoms with E-state index in [9.17, 15) is 9.59 Å². The molecule has 0 radical (unpaired) electrons. The molecule has 0 aliphatic carbocycles. The summed E-state index contributed by atoms with van der Waals surface area (Å²) in [5.74, 6) is -0.111. The van der Waals surface area contributed by atoms with Crippen LogP contribution in [0, 0.1) is 0 Å². The van der Waals surface area contributed by atoms with E-state index in [1.165, 1.54) is 0 Å². The molecule has 0 spiro atoms. The van der Waals surface area contributed by atoms with Crippen molar-refractivity contribution in [2.24, 2.45) is 0 Å². The molecular weight excluding hydrogens is 579 g/mol. The van der Waals surface area contributed by atoms with Gasteiger partial charge in [-0.3, -0.25) is 9.59 Å². The minimum atomic E-state index is -0.542. The van der Waals surface area contributed by atoms with Gasteiger partial charge in [-0.2, -0.15) is 0 Å². The van der Waals surface area contributed by atoms with E-state index in [1.54, 1.807) is 0 Å². The molecule has 3 rings (SSSR count). The number of halogens is 3. The third-order valence-electron chi connectivity index (χ3n) is 7.16. The summed E-state index contributed by atoms with van der Waals surface area (Å²) in [5, 5.41) is 3.05. The van der Waals surface area contributed by atoms with Crippen molar-refractivity contribution in [1.82, 2.24) is 5.32 Å². The van der Waals surface area contributed by atoms with E-state index in [2.05, 4.69) is 67.3 Å². The van der Waals surface area contributed by atoms with Gasteiger partial charge in [0.05, 0.1) is 26.7 Å². The molecule has 0 aromatic heterocycles.